The zero-order valence-corrected chi connectivity index (χ0v) is 34.6. The van der Waals surface area contributed by atoms with Gasteiger partial charge in [-0.1, -0.05) is 261 Å². The van der Waals surface area contributed by atoms with Gasteiger partial charge in [-0.3, -0.25) is 0 Å². The van der Waals surface area contributed by atoms with Gasteiger partial charge in [-0.15, -0.1) is 0 Å². The van der Waals surface area contributed by atoms with E-state index in [2.05, 4.69) is 279 Å². The SMILES string of the molecule is C(=Cc1ccc(-c2cccc(-c3ccc(C=Cc4ccc(C=C(c5ccccc5)c5ccccc5)cc4)cc3)c2)cc1)c1ccc(C=C(c2ccccc2)c2ccccc2)cc1. The van der Waals surface area contributed by atoms with Gasteiger partial charge >= 0.3 is 0 Å². The standard InChI is InChI=1S/C62H46/c1-5-14-55(15-6-1)61(56-16-7-2-8-17-56)44-51-32-28-47(29-33-51)24-26-49-36-40-53(41-37-49)59-22-13-23-60(46-59)54-42-38-50(39-43-54)27-25-48-30-34-52(35-31-48)45-62(57-18-9-3-10-19-57)58-20-11-4-12-21-58/h1-46H. The lowest BCUT2D eigenvalue weighted by atomic mass is 9.95. The maximum absolute atomic E-state index is 2.28. The molecule has 294 valence electrons. The van der Waals surface area contributed by atoms with Gasteiger partial charge in [0.25, 0.3) is 0 Å². The van der Waals surface area contributed by atoms with Crippen molar-refractivity contribution in [2.24, 2.45) is 0 Å². The van der Waals surface area contributed by atoms with Gasteiger partial charge in [0, 0.05) is 0 Å². The Morgan fingerprint density at radius 2 is 0.468 bits per heavy atom. The van der Waals surface area contributed by atoms with Crippen molar-refractivity contribution >= 4 is 47.6 Å². The van der Waals surface area contributed by atoms with E-state index in [1.165, 1.54) is 89.0 Å². The Balaban J connectivity index is 0.831. The monoisotopic (exact) mass is 790 g/mol. The number of benzene rings is 9. The molecule has 0 radical (unpaired) electrons. The smallest absolute Gasteiger partial charge is 0.0105 e. The molecule has 9 aromatic rings. The fourth-order valence-electron chi connectivity index (χ4n) is 7.71. The minimum absolute atomic E-state index is 1.17. The van der Waals surface area contributed by atoms with Gasteiger partial charge in [-0.05, 0) is 107 Å². The molecule has 0 aliphatic carbocycles. The Morgan fingerprint density at radius 3 is 0.758 bits per heavy atom. The minimum Gasteiger partial charge on any atom is -0.0622 e. The van der Waals surface area contributed by atoms with E-state index in [9.17, 15) is 0 Å². The summed E-state index contributed by atoms with van der Waals surface area (Å²) in [5, 5.41) is 0. The normalized spacial score (nSPS) is 11.1. The molecule has 0 amide bonds. The molecule has 9 aromatic carbocycles. The van der Waals surface area contributed by atoms with Crippen molar-refractivity contribution in [1.82, 2.24) is 0 Å². The van der Waals surface area contributed by atoms with Crippen LogP contribution in [0.25, 0.3) is 69.9 Å². The molecule has 0 nitrogen and oxygen atoms in total. The van der Waals surface area contributed by atoms with Gasteiger partial charge in [0.15, 0.2) is 0 Å². The summed E-state index contributed by atoms with van der Waals surface area (Å²) in [6.07, 6.45) is 13.3. The fourth-order valence-corrected chi connectivity index (χ4v) is 7.71. The van der Waals surface area contributed by atoms with Crippen LogP contribution in [0.5, 0.6) is 0 Å². The molecule has 0 fully saturated rings. The van der Waals surface area contributed by atoms with E-state index in [-0.39, 0.29) is 0 Å². The maximum atomic E-state index is 2.28. The van der Waals surface area contributed by atoms with E-state index >= 15 is 0 Å². The molecule has 0 atom stereocenters. The van der Waals surface area contributed by atoms with Gasteiger partial charge in [0.1, 0.15) is 0 Å². The number of hydrogen-bond acceptors (Lipinski definition) is 0. The molecule has 0 spiro atoms. The highest BCUT2D eigenvalue weighted by Crippen LogP contribution is 2.30. The topological polar surface area (TPSA) is 0 Å². The van der Waals surface area contributed by atoms with Crippen LogP contribution in [-0.4, -0.2) is 0 Å². The lowest BCUT2D eigenvalue weighted by Gasteiger charge is -2.09. The summed E-state index contributed by atoms with van der Waals surface area (Å²) in [4.78, 5) is 0. The molecule has 62 heavy (non-hydrogen) atoms. The first-order valence-electron chi connectivity index (χ1n) is 21.2. The molecule has 0 heterocycles. The fraction of sp³-hybridized carbons (Fsp3) is 0. The van der Waals surface area contributed by atoms with E-state index in [0.717, 1.165) is 0 Å². The van der Waals surface area contributed by atoms with Crippen LogP contribution in [0.4, 0.5) is 0 Å². The lowest BCUT2D eigenvalue weighted by Crippen LogP contribution is -1.88. The summed E-state index contributed by atoms with van der Waals surface area (Å²) in [5.41, 5.74) is 19.1. The Kier molecular flexibility index (Phi) is 12.3. The summed E-state index contributed by atoms with van der Waals surface area (Å²) >= 11 is 0. The highest BCUT2D eigenvalue weighted by Gasteiger charge is 2.07. The van der Waals surface area contributed by atoms with Crippen molar-refractivity contribution in [2.75, 3.05) is 0 Å². The summed E-state index contributed by atoms with van der Waals surface area (Å²) < 4.78 is 0. The molecule has 0 saturated carbocycles. The average Bonchev–Trinajstić information content (AvgIpc) is 3.36. The van der Waals surface area contributed by atoms with E-state index < -0.39 is 0 Å². The van der Waals surface area contributed by atoms with Crippen LogP contribution >= 0.6 is 0 Å². The second-order valence-corrected chi connectivity index (χ2v) is 15.4. The first kappa shape index (κ1) is 39.4. The molecular formula is C62H46. The molecular weight excluding hydrogens is 745 g/mol. The van der Waals surface area contributed by atoms with E-state index in [1.54, 1.807) is 0 Å². The van der Waals surface area contributed by atoms with Gasteiger partial charge in [0.2, 0.25) is 0 Å². The Bertz CT molecular complexity index is 2660. The van der Waals surface area contributed by atoms with Crippen molar-refractivity contribution in [3.8, 4) is 22.3 Å². The molecule has 0 bridgehead atoms. The predicted octanol–water partition coefficient (Wildman–Crippen LogP) is 16.5. The third kappa shape index (κ3) is 10.0. The van der Waals surface area contributed by atoms with Crippen LogP contribution in [0.3, 0.4) is 0 Å². The van der Waals surface area contributed by atoms with Gasteiger partial charge in [-0.2, -0.15) is 0 Å². The van der Waals surface area contributed by atoms with Crippen molar-refractivity contribution in [1.29, 1.82) is 0 Å². The van der Waals surface area contributed by atoms with E-state index in [1.807, 2.05) is 0 Å². The van der Waals surface area contributed by atoms with Gasteiger partial charge < -0.3 is 0 Å². The molecule has 0 aromatic heterocycles. The zero-order valence-electron chi connectivity index (χ0n) is 34.6. The number of hydrogen-bond donors (Lipinski definition) is 0. The highest BCUT2D eigenvalue weighted by atomic mass is 14.1. The largest absolute Gasteiger partial charge is 0.0622 e. The molecule has 0 N–H and O–H groups in total. The molecule has 9 rings (SSSR count). The predicted molar refractivity (Wildman–Crippen MR) is 268 cm³/mol. The molecule has 0 unspecified atom stereocenters. The second kappa shape index (κ2) is 19.3. The third-order valence-electron chi connectivity index (χ3n) is 11.1. The van der Waals surface area contributed by atoms with Crippen LogP contribution in [0.1, 0.15) is 55.6 Å². The molecule has 0 saturated heterocycles. The Labute approximate surface area is 366 Å². The first-order valence-corrected chi connectivity index (χ1v) is 21.2. The molecule has 0 aliphatic rings. The Morgan fingerprint density at radius 1 is 0.210 bits per heavy atom. The van der Waals surface area contributed by atoms with Crippen LogP contribution in [-0.2, 0) is 0 Å². The maximum Gasteiger partial charge on any atom is -0.0105 e. The summed E-state index contributed by atoms with van der Waals surface area (Å²) in [5.74, 6) is 0. The Hall–Kier alpha value is -8.06. The van der Waals surface area contributed by atoms with Crippen LogP contribution < -0.4 is 0 Å². The van der Waals surface area contributed by atoms with Crippen molar-refractivity contribution in [3.05, 3.63) is 298 Å². The van der Waals surface area contributed by atoms with Crippen molar-refractivity contribution in [3.63, 3.8) is 0 Å². The third-order valence-corrected chi connectivity index (χ3v) is 11.1. The van der Waals surface area contributed by atoms with Crippen molar-refractivity contribution in [2.45, 2.75) is 0 Å². The van der Waals surface area contributed by atoms with E-state index in [4.69, 9.17) is 0 Å². The number of rotatable bonds is 12. The summed E-state index contributed by atoms with van der Waals surface area (Å²) in [7, 11) is 0. The van der Waals surface area contributed by atoms with Gasteiger partial charge in [-0.25, -0.2) is 0 Å². The zero-order chi connectivity index (χ0) is 41.8. The lowest BCUT2D eigenvalue weighted by molar-refractivity contribution is 1.55. The first-order chi connectivity index (χ1) is 30.7. The second-order valence-electron chi connectivity index (χ2n) is 15.4. The van der Waals surface area contributed by atoms with Crippen LogP contribution in [0, 0.1) is 0 Å². The quantitative estimate of drug-likeness (QED) is 0.108. The minimum atomic E-state index is 1.17. The molecule has 0 heteroatoms. The summed E-state index contributed by atoms with van der Waals surface area (Å²) in [6.45, 7) is 0. The van der Waals surface area contributed by atoms with Gasteiger partial charge in [0.05, 0.1) is 0 Å². The molecule has 0 aliphatic heterocycles. The van der Waals surface area contributed by atoms with Crippen LogP contribution in [0.15, 0.2) is 243 Å². The summed E-state index contributed by atoms with van der Waals surface area (Å²) in [6, 6.07) is 86.3. The van der Waals surface area contributed by atoms with E-state index in [0.29, 0.717) is 0 Å². The van der Waals surface area contributed by atoms with Crippen LogP contribution in [0.2, 0.25) is 0 Å². The highest BCUT2D eigenvalue weighted by molar-refractivity contribution is 5.92. The average molecular weight is 791 g/mol. The van der Waals surface area contributed by atoms with Crippen molar-refractivity contribution < 1.29 is 0 Å².